The fourth-order valence-corrected chi connectivity index (χ4v) is 5.17. The molecule has 0 spiro atoms. The number of nitrogens with zero attached hydrogens (tertiary/aromatic N) is 4. The van der Waals surface area contributed by atoms with Gasteiger partial charge in [-0.1, -0.05) is 99.5 Å². The highest BCUT2D eigenvalue weighted by Crippen LogP contribution is 2.31. The molecule has 0 atom stereocenters. The second-order valence-electron chi connectivity index (χ2n) is 11.2. The van der Waals surface area contributed by atoms with Crippen molar-refractivity contribution in [2.75, 3.05) is 33.8 Å². The number of rotatable bonds is 17. The van der Waals surface area contributed by atoms with Gasteiger partial charge in [-0.3, -0.25) is 4.90 Å². The summed E-state index contributed by atoms with van der Waals surface area (Å²) in [5.41, 5.74) is 6.07. The predicted molar refractivity (Wildman–Crippen MR) is 172 cm³/mol. The van der Waals surface area contributed by atoms with Crippen LogP contribution in [0.3, 0.4) is 0 Å². The van der Waals surface area contributed by atoms with Gasteiger partial charge in [0.25, 0.3) is 0 Å². The summed E-state index contributed by atoms with van der Waals surface area (Å²) >= 11 is 0. The summed E-state index contributed by atoms with van der Waals surface area (Å²) in [6.45, 7) is 10.1. The summed E-state index contributed by atoms with van der Waals surface area (Å²) in [6.07, 6.45) is 5.65. The third kappa shape index (κ3) is 9.04. The van der Waals surface area contributed by atoms with Gasteiger partial charge in [0.05, 0.1) is 18.0 Å². The fraction of sp³-hybridized carbons (Fsp3) is 0.417. The maximum absolute atomic E-state index is 5.99. The average Bonchev–Trinajstić information content (AvgIpc) is 3.36. The van der Waals surface area contributed by atoms with E-state index in [9.17, 15) is 0 Å². The molecule has 0 amide bonds. The number of hydrogen-bond acceptors (Lipinski definition) is 4. The highest BCUT2D eigenvalue weighted by molar-refractivity contribution is 5.68. The van der Waals surface area contributed by atoms with Crippen molar-refractivity contribution in [1.29, 1.82) is 0 Å². The minimum atomic E-state index is 0.744. The average molecular weight is 553 g/mol. The van der Waals surface area contributed by atoms with Crippen LogP contribution in [0.25, 0.3) is 22.6 Å². The van der Waals surface area contributed by atoms with Crippen molar-refractivity contribution in [3.05, 3.63) is 96.2 Å². The van der Waals surface area contributed by atoms with Crippen molar-refractivity contribution < 1.29 is 4.74 Å². The summed E-state index contributed by atoms with van der Waals surface area (Å²) < 4.78 is 8.48. The van der Waals surface area contributed by atoms with Gasteiger partial charge in [0, 0.05) is 37.3 Å². The van der Waals surface area contributed by atoms with Crippen molar-refractivity contribution in [2.45, 2.75) is 65.6 Å². The van der Waals surface area contributed by atoms with Crippen LogP contribution in [0.2, 0.25) is 0 Å². The third-order valence-corrected chi connectivity index (χ3v) is 7.44. The van der Waals surface area contributed by atoms with Crippen LogP contribution < -0.4 is 4.74 Å². The number of benzene rings is 3. The van der Waals surface area contributed by atoms with Crippen LogP contribution in [-0.2, 0) is 19.6 Å². The highest BCUT2D eigenvalue weighted by atomic mass is 16.5. The van der Waals surface area contributed by atoms with Crippen LogP contribution in [0.1, 0.15) is 57.2 Å². The van der Waals surface area contributed by atoms with Crippen LogP contribution in [0.5, 0.6) is 5.75 Å². The maximum Gasteiger partial charge on any atom is 0.140 e. The Balaban J connectivity index is 1.62. The summed E-state index contributed by atoms with van der Waals surface area (Å²) in [5, 5.41) is 0. The zero-order chi connectivity index (χ0) is 28.9. The molecule has 0 fully saturated rings. The second-order valence-corrected chi connectivity index (χ2v) is 11.2. The molecule has 5 nitrogen and oxygen atoms in total. The van der Waals surface area contributed by atoms with Gasteiger partial charge in [0.1, 0.15) is 11.6 Å². The molecule has 5 heteroatoms. The van der Waals surface area contributed by atoms with E-state index < -0.39 is 0 Å². The van der Waals surface area contributed by atoms with Crippen LogP contribution in [0.15, 0.2) is 84.9 Å². The lowest BCUT2D eigenvalue weighted by atomic mass is 10.1. The Kier molecular flexibility index (Phi) is 12.0. The molecule has 0 N–H and O–H groups in total. The molecule has 4 aromatic rings. The zero-order valence-electron chi connectivity index (χ0n) is 25.6. The zero-order valence-corrected chi connectivity index (χ0v) is 25.6. The van der Waals surface area contributed by atoms with E-state index in [0.717, 1.165) is 75.9 Å². The Morgan fingerprint density at radius 1 is 0.707 bits per heavy atom. The van der Waals surface area contributed by atoms with Crippen molar-refractivity contribution in [3.8, 4) is 28.4 Å². The van der Waals surface area contributed by atoms with Crippen molar-refractivity contribution >= 4 is 0 Å². The maximum atomic E-state index is 5.99. The molecule has 0 unspecified atom stereocenters. The van der Waals surface area contributed by atoms with Gasteiger partial charge in [-0.05, 0) is 57.6 Å². The van der Waals surface area contributed by atoms with E-state index in [1.807, 2.05) is 0 Å². The molecular formula is C36H48N4O. The molecule has 0 aliphatic rings. The first-order chi connectivity index (χ1) is 20.1. The summed E-state index contributed by atoms with van der Waals surface area (Å²) in [5.74, 6) is 2.02. The van der Waals surface area contributed by atoms with Gasteiger partial charge < -0.3 is 14.2 Å². The molecule has 41 heavy (non-hydrogen) atoms. The smallest absolute Gasteiger partial charge is 0.140 e. The van der Waals surface area contributed by atoms with Crippen LogP contribution in [0, 0.1) is 0 Å². The third-order valence-electron chi connectivity index (χ3n) is 7.44. The van der Waals surface area contributed by atoms with E-state index in [1.165, 1.54) is 35.2 Å². The van der Waals surface area contributed by atoms with E-state index >= 15 is 0 Å². The van der Waals surface area contributed by atoms with Crippen LogP contribution in [-0.4, -0.2) is 53.1 Å². The van der Waals surface area contributed by atoms with Crippen molar-refractivity contribution in [3.63, 3.8) is 0 Å². The number of hydrogen-bond donors (Lipinski definition) is 0. The molecule has 3 aromatic carbocycles. The molecule has 218 valence electrons. The largest absolute Gasteiger partial charge is 0.494 e. The fourth-order valence-electron chi connectivity index (χ4n) is 5.17. The molecule has 0 radical (unpaired) electrons. The highest BCUT2D eigenvalue weighted by Gasteiger charge is 2.21. The normalized spacial score (nSPS) is 11.5. The quantitative estimate of drug-likeness (QED) is 0.124. The SMILES string of the molecule is CCCCN(Cc1ccc(OCCCN(C)C)cc1)Cc1c(-c2ccccc2)nc(-c2ccccc2)n1CCCC. The van der Waals surface area contributed by atoms with E-state index in [2.05, 4.69) is 127 Å². The van der Waals surface area contributed by atoms with Crippen molar-refractivity contribution in [1.82, 2.24) is 19.4 Å². The van der Waals surface area contributed by atoms with E-state index in [4.69, 9.17) is 9.72 Å². The number of ether oxygens (including phenoxy) is 1. The summed E-state index contributed by atoms with van der Waals surface area (Å²) in [4.78, 5) is 10.1. The van der Waals surface area contributed by atoms with Gasteiger partial charge in [-0.15, -0.1) is 0 Å². The Bertz CT molecular complexity index is 1280. The molecule has 0 saturated carbocycles. The molecule has 0 aliphatic carbocycles. The second kappa shape index (κ2) is 16.1. The lowest BCUT2D eigenvalue weighted by Crippen LogP contribution is -2.26. The molecular weight excluding hydrogens is 504 g/mol. The van der Waals surface area contributed by atoms with Gasteiger partial charge in [0.2, 0.25) is 0 Å². The van der Waals surface area contributed by atoms with Gasteiger partial charge in [-0.25, -0.2) is 4.98 Å². The van der Waals surface area contributed by atoms with Gasteiger partial charge in [-0.2, -0.15) is 0 Å². The predicted octanol–water partition coefficient (Wildman–Crippen LogP) is 8.15. The molecule has 0 aliphatic heterocycles. The molecule has 0 bridgehead atoms. The first-order valence-corrected chi connectivity index (χ1v) is 15.4. The lowest BCUT2D eigenvalue weighted by molar-refractivity contribution is 0.246. The number of unbranched alkanes of at least 4 members (excludes halogenated alkanes) is 2. The van der Waals surface area contributed by atoms with Gasteiger partial charge in [0.15, 0.2) is 0 Å². The Hall–Kier alpha value is -3.41. The first kappa shape index (κ1) is 30.5. The Morgan fingerprint density at radius 2 is 1.37 bits per heavy atom. The van der Waals surface area contributed by atoms with E-state index in [1.54, 1.807) is 0 Å². The Morgan fingerprint density at radius 3 is 2.00 bits per heavy atom. The summed E-state index contributed by atoms with van der Waals surface area (Å²) in [6, 6.07) is 30.1. The monoisotopic (exact) mass is 552 g/mol. The standard InChI is InChI=1S/C36H48N4O/c1-5-7-25-39(28-30-20-22-33(23-21-30)41-27-15-24-38(3)4)29-34-35(31-16-11-9-12-17-31)37-36(40(34)26-8-6-2)32-18-13-10-14-19-32/h9-14,16-23H,5-8,15,24-29H2,1-4H3. The molecule has 1 aromatic heterocycles. The number of imidazole rings is 1. The molecule has 4 rings (SSSR count). The van der Waals surface area contributed by atoms with Crippen LogP contribution in [0.4, 0.5) is 0 Å². The van der Waals surface area contributed by atoms with Crippen LogP contribution >= 0.6 is 0 Å². The first-order valence-electron chi connectivity index (χ1n) is 15.4. The van der Waals surface area contributed by atoms with E-state index in [0.29, 0.717) is 0 Å². The minimum Gasteiger partial charge on any atom is -0.494 e. The topological polar surface area (TPSA) is 33.5 Å². The Labute approximate surface area is 247 Å². The van der Waals surface area contributed by atoms with Crippen molar-refractivity contribution in [2.24, 2.45) is 0 Å². The molecule has 1 heterocycles. The lowest BCUT2D eigenvalue weighted by Gasteiger charge is -2.24. The summed E-state index contributed by atoms with van der Waals surface area (Å²) in [7, 11) is 4.20. The van der Waals surface area contributed by atoms with E-state index in [-0.39, 0.29) is 0 Å². The van der Waals surface area contributed by atoms with Gasteiger partial charge >= 0.3 is 0 Å². The molecule has 0 saturated heterocycles. The minimum absolute atomic E-state index is 0.744. The number of aromatic nitrogens is 2.